The van der Waals surface area contributed by atoms with Gasteiger partial charge < -0.3 is 9.84 Å². The van der Waals surface area contributed by atoms with E-state index in [0.717, 1.165) is 12.1 Å². The quantitative estimate of drug-likeness (QED) is 0.404. The van der Waals surface area contributed by atoms with Crippen LogP contribution in [0.1, 0.15) is 20.7 Å². The van der Waals surface area contributed by atoms with Gasteiger partial charge in [-0.05, 0) is 12.1 Å². The van der Waals surface area contributed by atoms with E-state index in [2.05, 4.69) is 4.74 Å². The molecule has 1 aliphatic heterocycles. The average Bonchev–Trinajstić information content (AvgIpc) is 2.41. The van der Waals surface area contributed by atoms with Gasteiger partial charge in [0, 0.05) is 0 Å². The van der Waals surface area contributed by atoms with E-state index in [-0.39, 0.29) is 5.56 Å². The van der Waals surface area contributed by atoms with Crippen molar-refractivity contribution in [2.45, 2.75) is 4.90 Å². The van der Waals surface area contributed by atoms with Crippen LogP contribution in [0.15, 0.2) is 17.0 Å². The maximum atomic E-state index is 11.1. The standard InChI is InChI=1S/C8H4O7S/c9-6-4(16(12,13)14)2-1-3-5(6)8(11)15-7(3)10/h1-2,9H,(H,12,13,14). The molecule has 0 aliphatic carbocycles. The summed E-state index contributed by atoms with van der Waals surface area (Å²) in [6, 6.07) is 1.79. The second-order valence-electron chi connectivity index (χ2n) is 2.99. The van der Waals surface area contributed by atoms with Crippen LogP contribution < -0.4 is 0 Å². The number of fused-ring (bicyclic) bond motifs is 1. The van der Waals surface area contributed by atoms with Gasteiger partial charge in [-0.1, -0.05) is 0 Å². The zero-order valence-corrected chi connectivity index (χ0v) is 8.32. The third-order valence-electron chi connectivity index (χ3n) is 2.03. The van der Waals surface area contributed by atoms with Crippen LogP contribution in [-0.2, 0) is 14.9 Å². The molecule has 0 fully saturated rings. The molecule has 2 rings (SSSR count). The Morgan fingerprint density at radius 2 is 1.75 bits per heavy atom. The third-order valence-corrected chi connectivity index (χ3v) is 2.91. The molecule has 1 heterocycles. The van der Waals surface area contributed by atoms with Gasteiger partial charge in [0.15, 0.2) is 5.75 Å². The first-order chi connectivity index (χ1) is 7.32. The van der Waals surface area contributed by atoms with E-state index in [1.165, 1.54) is 0 Å². The summed E-state index contributed by atoms with van der Waals surface area (Å²) >= 11 is 0. The van der Waals surface area contributed by atoms with E-state index >= 15 is 0 Å². The molecule has 1 aliphatic rings. The van der Waals surface area contributed by atoms with Gasteiger partial charge in [0.05, 0.1) is 5.56 Å². The number of phenolic OH excluding ortho intramolecular Hbond substituents is 1. The molecule has 0 amide bonds. The minimum absolute atomic E-state index is 0.241. The molecule has 0 spiro atoms. The number of ether oxygens (including phenoxy) is 1. The Balaban J connectivity index is 2.81. The monoisotopic (exact) mass is 244 g/mol. The van der Waals surface area contributed by atoms with Crippen molar-refractivity contribution >= 4 is 22.1 Å². The van der Waals surface area contributed by atoms with Gasteiger partial charge in [0.1, 0.15) is 10.5 Å². The lowest BCUT2D eigenvalue weighted by Gasteiger charge is -2.02. The molecule has 16 heavy (non-hydrogen) atoms. The van der Waals surface area contributed by atoms with Crippen molar-refractivity contribution in [1.82, 2.24) is 0 Å². The van der Waals surface area contributed by atoms with Crippen LogP contribution in [0.3, 0.4) is 0 Å². The lowest BCUT2D eigenvalue weighted by molar-refractivity contribution is 0.0443. The number of hydrogen-bond acceptors (Lipinski definition) is 6. The Bertz CT molecular complexity index is 614. The Morgan fingerprint density at radius 3 is 2.31 bits per heavy atom. The summed E-state index contributed by atoms with van der Waals surface area (Å²) in [7, 11) is -4.67. The summed E-state index contributed by atoms with van der Waals surface area (Å²) in [4.78, 5) is 21.3. The van der Waals surface area contributed by atoms with E-state index in [0.29, 0.717) is 0 Å². The van der Waals surface area contributed by atoms with E-state index < -0.39 is 38.3 Å². The van der Waals surface area contributed by atoms with Crippen molar-refractivity contribution in [3.8, 4) is 5.75 Å². The molecule has 0 saturated heterocycles. The molecule has 0 bridgehead atoms. The highest BCUT2D eigenvalue weighted by Gasteiger charge is 2.35. The third kappa shape index (κ3) is 1.35. The van der Waals surface area contributed by atoms with Crippen molar-refractivity contribution in [2.24, 2.45) is 0 Å². The minimum atomic E-state index is -4.67. The van der Waals surface area contributed by atoms with Crippen LogP contribution in [0.4, 0.5) is 0 Å². The van der Waals surface area contributed by atoms with Gasteiger partial charge >= 0.3 is 11.9 Å². The molecule has 0 saturated carbocycles. The normalized spacial score (nSPS) is 14.8. The van der Waals surface area contributed by atoms with Gasteiger partial charge in [-0.2, -0.15) is 8.42 Å². The number of hydrogen-bond donors (Lipinski definition) is 2. The van der Waals surface area contributed by atoms with E-state index in [4.69, 9.17) is 4.55 Å². The fourth-order valence-corrected chi connectivity index (χ4v) is 1.93. The zero-order valence-electron chi connectivity index (χ0n) is 7.50. The molecule has 1 aromatic carbocycles. The molecule has 7 nitrogen and oxygen atoms in total. The number of cyclic esters (lactones) is 2. The van der Waals surface area contributed by atoms with Crippen molar-refractivity contribution in [1.29, 1.82) is 0 Å². The highest BCUT2D eigenvalue weighted by atomic mass is 32.2. The predicted octanol–water partition coefficient (Wildman–Crippen LogP) is -0.0505. The lowest BCUT2D eigenvalue weighted by Crippen LogP contribution is -2.02. The number of rotatable bonds is 1. The topological polar surface area (TPSA) is 118 Å². The molecule has 8 heteroatoms. The first kappa shape index (κ1) is 10.6. The van der Waals surface area contributed by atoms with E-state index in [1.807, 2.05) is 0 Å². The van der Waals surface area contributed by atoms with Gasteiger partial charge in [-0.15, -0.1) is 0 Å². The Morgan fingerprint density at radius 1 is 1.12 bits per heavy atom. The number of phenols is 1. The molecular formula is C8H4O7S. The first-order valence-electron chi connectivity index (χ1n) is 3.92. The molecule has 0 unspecified atom stereocenters. The lowest BCUT2D eigenvalue weighted by atomic mass is 10.1. The number of aromatic hydroxyl groups is 1. The average molecular weight is 244 g/mol. The van der Waals surface area contributed by atoms with Crippen LogP contribution in [0, 0.1) is 0 Å². The summed E-state index contributed by atoms with van der Waals surface area (Å²) in [5, 5.41) is 9.44. The molecule has 2 N–H and O–H groups in total. The zero-order chi connectivity index (χ0) is 12.1. The largest absolute Gasteiger partial charge is 0.506 e. The minimum Gasteiger partial charge on any atom is -0.506 e. The van der Waals surface area contributed by atoms with Gasteiger partial charge in [-0.25, -0.2) is 9.59 Å². The number of carbonyl (C=O) groups is 2. The van der Waals surface area contributed by atoms with Crippen molar-refractivity contribution in [3.63, 3.8) is 0 Å². The molecule has 1 aromatic rings. The maximum Gasteiger partial charge on any atom is 0.350 e. The van der Waals surface area contributed by atoms with Crippen LogP contribution in [-0.4, -0.2) is 30.0 Å². The van der Waals surface area contributed by atoms with Crippen LogP contribution >= 0.6 is 0 Å². The molecule has 0 radical (unpaired) electrons. The molecule has 0 atom stereocenters. The number of benzene rings is 1. The fourth-order valence-electron chi connectivity index (χ4n) is 1.35. The van der Waals surface area contributed by atoms with E-state index in [1.54, 1.807) is 0 Å². The second-order valence-corrected chi connectivity index (χ2v) is 4.38. The highest BCUT2D eigenvalue weighted by molar-refractivity contribution is 7.86. The van der Waals surface area contributed by atoms with Crippen molar-refractivity contribution in [3.05, 3.63) is 23.3 Å². The highest BCUT2D eigenvalue weighted by Crippen LogP contribution is 2.33. The molecular weight excluding hydrogens is 240 g/mol. The van der Waals surface area contributed by atoms with Gasteiger partial charge in [0.2, 0.25) is 0 Å². The number of esters is 2. The molecule has 0 aromatic heterocycles. The summed E-state index contributed by atoms with van der Waals surface area (Å²) in [6.45, 7) is 0. The fraction of sp³-hybridized carbons (Fsp3) is 0. The van der Waals surface area contributed by atoms with Crippen LogP contribution in [0.25, 0.3) is 0 Å². The predicted molar refractivity (Wildman–Crippen MR) is 47.7 cm³/mol. The Hall–Kier alpha value is -1.93. The summed E-state index contributed by atoms with van der Waals surface area (Å²) in [6.07, 6.45) is 0. The number of carbonyl (C=O) groups excluding carboxylic acids is 2. The smallest absolute Gasteiger partial charge is 0.350 e. The first-order valence-corrected chi connectivity index (χ1v) is 5.36. The van der Waals surface area contributed by atoms with Crippen molar-refractivity contribution in [2.75, 3.05) is 0 Å². The maximum absolute atomic E-state index is 11.1. The van der Waals surface area contributed by atoms with Crippen LogP contribution in [0.2, 0.25) is 0 Å². The SMILES string of the molecule is O=C1OC(=O)c2c1ccc(S(=O)(=O)O)c2O. The Labute approximate surface area is 89.0 Å². The summed E-state index contributed by atoms with van der Waals surface area (Å²) < 4.78 is 34.5. The van der Waals surface area contributed by atoms with Crippen molar-refractivity contribution < 1.29 is 32.4 Å². The van der Waals surface area contributed by atoms with Crippen LogP contribution in [0.5, 0.6) is 5.75 Å². The second kappa shape index (κ2) is 3.03. The summed E-state index contributed by atoms with van der Waals surface area (Å²) in [5.74, 6) is -3.11. The summed E-state index contributed by atoms with van der Waals surface area (Å²) in [5.41, 5.74) is -0.796. The van der Waals surface area contributed by atoms with Gasteiger partial charge in [0.25, 0.3) is 10.1 Å². The molecule has 84 valence electrons. The van der Waals surface area contributed by atoms with E-state index in [9.17, 15) is 23.1 Å². The van der Waals surface area contributed by atoms with Gasteiger partial charge in [-0.3, -0.25) is 4.55 Å². The Kier molecular flexibility index (Phi) is 2.00.